The van der Waals surface area contributed by atoms with Crippen LogP contribution in [0.3, 0.4) is 0 Å². The summed E-state index contributed by atoms with van der Waals surface area (Å²) in [5.74, 6) is 0.735. The standard InChI is InChI=1S/C15H16OS/c16-14(11-13-7-3-1-4-8-13)12-17-15-9-5-2-6-10-15/h1-10,14,16H,11-12H2/t14-/m1/s1. The Morgan fingerprint density at radius 1 is 0.882 bits per heavy atom. The van der Waals surface area contributed by atoms with Crippen molar-refractivity contribution in [3.63, 3.8) is 0 Å². The van der Waals surface area contributed by atoms with Gasteiger partial charge in [-0.2, -0.15) is 0 Å². The molecule has 0 saturated carbocycles. The van der Waals surface area contributed by atoms with Crippen LogP contribution in [0.1, 0.15) is 5.56 Å². The Bertz CT molecular complexity index is 427. The van der Waals surface area contributed by atoms with E-state index in [4.69, 9.17) is 0 Å². The third-order valence-corrected chi connectivity index (χ3v) is 3.66. The van der Waals surface area contributed by atoms with Crippen LogP contribution in [-0.4, -0.2) is 17.0 Å². The number of benzene rings is 2. The summed E-state index contributed by atoms with van der Waals surface area (Å²) >= 11 is 1.70. The van der Waals surface area contributed by atoms with Crippen LogP contribution in [0.15, 0.2) is 65.6 Å². The topological polar surface area (TPSA) is 20.2 Å². The summed E-state index contributed by atoms with van der Waals surface area (Å²) < 4.78 is 0. The van der Waals surface area contributed by atoms with Crippen LogP contribution in [0.25, 0.3) is 0 Å². The number of aliphatic hydroxyl groups excluding tert-OH is 1. The van der Waals surface area contributed by atoms with Gasteiger partial charge < -0.3 is 5.11 Å². The first-order chi connectivity index (χ1) is 8.34. The fourth-order valence-electron chi connectivity index (χ4n) is 1.65. The second-order valence-electron chi connectivity index (χ2n) is 3.97. The van der Waals surface area contributed by atoms with Crippen molar-refractivity contribution in [1.82, 2.24) is 0 Å². The molecular weight excluding hydrogens is 228 g/mol. The summed E-state index contributed by atoms with van der Waals surface area (Å²) in [5.41, 5.74) is 1.19. The van der Waals surface area contributed by atoms with E-state index in [9.17, 15) is 5.11 Å². The third-order valence-electron chi connectivity index (χ3n) is 2.50. The fourth-order valence-corrected chi connectivity index (χ4v) is 2.51. The predicted octanol–water partition coefficient (Wildman–Crippen LogP) is 3.38. The maximum absolute atomic E-state index is 9.94. The van der Waals surface area contributed by atoms with E-state index in [-0.39, 0.29) is 6.10 Å². The van der Waals surface area contributed by atoms with Gasteiger partial charge in [0.05, 0.1) is 6.10 Å². The first-order valence-electron chi connectivity index (χ1n) is 5.74. The van der Waals surface area contributed by atoms with Gasteiger partial charge >= 0.3 is 0 Å². The van der Waals surface area contributed by atoms with Gasteiger partial charge in [0.2, 0.25) is 0 Å². The van der Waals surface area contributed by atoms with Crippen molar-refractivity contribution in [2.24, 2.45) is 0 Å². The highest BCUT2D eigenvalue weighted by molar-refractivity contribution is 7.99. The van der Waals surface area contributed by atoms with Gasteiger partial charge in [-0.1, -0.05) is 48.5 Å². The quantitative estimate of drug-likeness (QED) is 0.814. The predicted molar refractivity (Wildman–Crippen MR) is 73.3 cm³/mol. The first kappa shape index (κ1) is 12.2. The van der Waals surface area contributed by atoms with Crippen LogP contribution >= 0.6 is 11.8 Å². The molecule has 2 aromatic rings. The molecule has 0 saturated heterocycles. The van der Waals surface area contributed by atoms with Gasteiger partial charge in [0, 0.05) is 10.6 Å². The number of thioether (sulfide) groups is 1. The SMILES string of the molecule is O[C@@H](CSc1ccccc1)Cc1ccccc1. The zero-order valence-corrected chi connectivity index (χ0v) is 10.4. The van der Waals surface area contributed by atoms with Crippen LogP contribution in [0.5, 0.6) is 0 Å². The van der Waals surface area contributed by atoms with E-state index >= 15 is 0 Å². The minimum atomic E-state index is -0.289. The van der Waals surface area contributed by atoms with Crippen LogP contribution in [-0.2, 0) is 6.42 Å². The lowest BCUT2D eigenvalue weighted by Crippen LogP contribution is -2.13. The zero-order chi connectivity index (χ0) is 11.9. The van der Waals surface area contributed by atoms with Crippen LogP contribution in [0.4, 0.5) is 0 Å². The normalized spacial score (nSPS) is 12.3. The minimum absolute atomic E-state index is 0.289. The zero-order valence-electron chi connectivity index (χ0n) is 9.62. The molecule has 0 aromatic heterocycles. The fraction of sp³-hybridized carbons (Fsp3) is 0.200. The molecule has 0 fully saturated rings. The average molecular weight is 244 g/mol. The highest BCUT2D eigenvalue weighted by Crippen LogP contribution is 2.19. The van der Waals surface area contributed by atoms with E-state index in [0.717, 1.165) is 12.2 Å². The van der Waals surface area contributed by atoms with Gasteiger partial charge in [-0.15, -0.1) is 11.8 Å². The molecule has 0 unspecified atom stereocenters. The molecule has 1 N–H and O–H groups in total. The molecule has 0 bridgehead atoms. The second kappa shape index (κ2) is 6.48. The molecule has 2 rings (SSSR count). The van der Waals surface area contributed by atoms with Crippen LogP contribution in [0.2, 0.25) is 0 Å². The Balaban J connectivity index is 1.80. The molecular formula is C15H16OS. The molecule has 1 nitrogen and oxygen atoms in total. The highest BCUT2D eigenvalue weighted by atomic mass is 32.2. The van der Waals surface area contributed by atoms with Gasteiger partial charge in [0.25, 0.3) is 0 Å². The number of hydrogen-bond acceptors (Lipinski definition) is 2. The summed E-state index contributed by atoms with van der Waals surface area (Å²) in [5, 5.41) is 9.94. The van der Waals surface area contributed by atoms with E-state index in [1.54, 1.807) is 11.8 Å². The highest BCUT2D eigenvalue weighted by Gasteiger charge is 2.05. The molecule has 0 aliphatic heterocycles. The van der Waals surface area contributed by atoms with Crippen molar-refractivity contribution in [1.29, 1.82) is 0 Å². The number of rotatable bonds is 5. The summed E-state index contributed by atoms with van der Waals surface area (Å²) in [6.45, 7) is 0. The molecule has 88 valence electrons. The van der Waals surface area contributed by atoms with Gasteiger partial charge in [0.1, 0.15) is 0 Å². The summed E-state index contributed by atoms with van der Waals surface area (Å²) in [6.07, 6.45) is 0.434. The third kappa shape index (κ3) is 4.25. The van der Waals surface area contributed by atoms with E-state index in [1.165, 1.54) is 10.5 Å². The summed E-state index contributed by atoms with van der Waals surface area (Å²) in [4.78, 5) is 1.21. The largest absolute Gasteiger partial charge is 0.392 e. The molecule has 0 spiro atoms. The van der Waals surface area contributed by atoms with Gasteiger partial charge in [-0.25, -0.2) is 0 Å². The Labute approximate surface area is 107 Å². The molecule has 2 heteroatoms. The van der Waals surface area contributed by atoms with E-state index in [2.05, 4.69) is 24.3 Å². The van der Waals surface area contributed by atoms with Crippen molar-refractivity contribution < 1.29 is 5.11 Å². The van der Waals surface area contributed by atoms with Gasteiger partial charge in [0.15, 0.2) is 0 Å². The molecule has 0 aliphatic carbocycles. The lowest BCUT2D eigenvalue weighted by atomic mass is 10.1. The molecule has 1 atom stereocenters. The van der Waals surface area contributed by atoms with Crippen molar-refractivity contribution in [2.75, 3.05) is 5.75 Å². The number of aliphatic hydroxyl groups is 1. The lowest BCUT2D eigenvalue weighted by Gasteiger charge is -2.10. The average Bonchev–Trinajstić information content (AvgIpc) is 2.39. The van der Waals surface area contributed by atoms with Crippen molar-refractivity contribution in [3.05, 3.63) is 66.2 Å². The Morgan fingerprint density at radius 3 is 2.12 bits per heavy atom. The smallest absolute Gasteiger partial charge is 0.0674 e. The molecule has 2 aromatic carbocycles. The number of hydrogen-bond donors (Lipinski definition) is 1. The van der Waals surface area contributed by atoms with Crippen molar-refractivity contribution in [2.45, 2.75) is 17.4 Å². The van der Waals surface area contributed by atoms with E-state index in [1.807, 2.05) is 36.4 Å². The monoisotopic (exact) mass is 244 g/mol. The molecule has 0 heterocycles. The Kier molecular flexibility index (Phi) is 4.65. The van der Waals surface area contributed by atoms with Crippen LogP contribution < -0.4 is 0 Å². The van der Waals surface area contributed by atoms with E-state index in [0.29, 0.717) is 0 Å². The van der Waals surface area contributed by atoms with Crippen molar-refractivity contribution in [3.8, 4) is 0 Å². The molecule has 0 amide bonds. The summed E-state index contributed by atoms with van der Waals surface area (Å²) in [6, 6.07) is 20.3. The lowest BCUT2D eigenvalue weighted by molar-refractivity contribution is 0.200. The minimum Gasteiger partial charge on any atom is -0.392 e. The summed E-state index contributed by atoms with van der Waals surface area (Å²) in [7, 11) is 0. The van der Waals surface area contributed by atoms with Crippen molar-refractivity contribution >= 4 is 11.8 Å². The Morgan fingerprint density at radius 2 is 1.47 bits per heavy atom. The molecule has 0 aliphatic rings. The Hall–Kier alpha value is -1.25. The van der Waals surface area contributed by atoms with Gasteiger partial charge in [-0.05, 0) is 24.1 Å². The second-order valence-corrected chi connectivity index (χ2v) is 5.06. The maximum Gasteiger partial charge on any atom is 0.0674 e. The van der Waals surface area contributed by atoms with Crippen LogP contribution in [0, 0.1) is 0 Å². The van der Waals surface area contributed by atoms with E-state index < -0.39 is 0 Å². The molecule has 17 heavy (non-hydrogen) atoms. The maximum atomic E-state index is 9.94. The molecule has 0 radical (unpaired) electrons. The first-order valence-corrected chi connectivity index (χ1v) is 6.73. The van der Waals surface area contributed by atoms with Gasteiger partial charge in [-0.3, -0.25) is 0 Å².